The maximum Gasteiger partial charge on any atom is 0.251 e. The van der Waals surface area contributed by atoms with Crippen molar-refractivity contribution >= 4 is 5.91 Å². The molecule has 0 saturated carbocycles. The molecule has 2 atom stereocenters. The molecule has 2 aromatic rings. The van der Waals surface area contributed by atoms with Crippen LogP contribution in [0, 0.1) is 5.92 Å². The molecule has 1 aromatic carbocycles. The first-order valence-electron chi connectivity index (χ1n) is 7.98. The second kappa shape index (κ2) is 7.44. The average Bonchev–Trinajstić information content (AvgIpc) is 3.09. The number of hydrogen-bond acceptors (Lipinski definition) is 4. The quantitative estimate of drug-likeness (QED) is 0.884. The number of aliphatic hydroxyl groups is 1. The summed E-state index contributed by atoms with van der Waals surface area (Å²) >= 11 is 0. The van der Waals surface area contributed by atoms with Gasteiger partial charge in [-0.15, -0.1) is 0 Å². The summed E-state index contributed by atoms with van der Waals surface area (Å²) in [5.74, 6) is 0.921. The molecule has 5 heteroatoms. The highest BCUT2D eigenvalue weighted by molar-refractivity contribution is 5.94. The van der Waals surface area contributed by atoms with E-state index in [9.17, 15) is 9.90 Å². The fourth-order valence-electron chi connectivity index (χ4n) is 3.06. The Morgan fingerprint density at radius 2 is 2.09 bits per heavy atom. The number of likely N-dealkylation sites (tertiary alicyclic amines) is 1. The highest BCUT2D eigenvalue weighted by atomic mass is 16.3. The molecule has 2 heterocycles. The molecule has 0 aliphatic carbocycles. The Balaban J connectivity index is 1.63. The standard InChI is InChI=1S/C18H22N2O3/c21-13-15-8-9-20(11-16-7-4-10-23-16)12-17(15)19-18(22)14-5-2-1-3-6-14/h1-7,10,15,17,21H,8-9,11-13H2,(H,19,22)/t15-,17-/m1/s1. The molecule has 0 spiro atoms. The van der Waals surface area contributed by atoms with E-state index in [-0.39, 0.29) is 24.5 Å². The summed E-state index contributed by atoms with van der Waals surface area (Å²) in [6.07, 6.45) is 2.53. The van der Waals surface area contributed by atoms with Gasteiger partial charge >= 0.3 is 0 Å². The Morgan fingerprint density at radius 3 is 2.78 bits per heavy atom. The number of furan rings is 1. The predicted molar refractivity (Wildman–Crippen MR) is 86.9 cm³/mol. The van der Waals surface area contributed by atoms with Gasteiger partial charge in [-0.2, -0.15) is 0 Å². The summed E-state index contributed by atoms with van der Waals surface area (Å²) in [7, 11) is 0. The van der Waals surface area contributed by atoms with Crippen molar-refractivity contribution < 1.29 is 14.3 Å². The molecule has 1 amide bonds. The summed E-state index contributed by atoms with van der Waals surface area (Å²) in [4.78, 5) is 14.6. The first-order chi connectivity index (χ1) is 11.3. The van der Waals surface area contributed by atoms with Gasteiger partial charge in [-0.05, 0) is 37.2 Å². The molecular weight excluding hydrogens is 292 g/mol. The molecular formula is C18H22N2O3. The summed E-state index contributed by atoms with van der Waals surface area (Å²) < 4.78 is 5.40. The van der Waals surface area contributed by atoms with Gasteiger partial charge in [0.1, 0.15) is 5.76 Å². The summed E-state index contributed by atoms with van der Waals surface area (Å²) in [5.41, 5.74) is 0.646. The highest BCUT2D eigenvalue weighted by Crippen LogP contribution is 2.20. The molecule has 1 aromatic heterocycles. The van der Waals surface area contributed by atoms with Crippen LogP contribution >= 0.6 is 0 Å². The first-order valence-corrected chi connectivity index (χ1v) is 7.98. The van der Waals surface area contributed by atoms with Gasteiger partial charge in [0.25, 0.3) is 5.91 Å². The highest BCUT2D eigenvalue weighted by Gasteiger charge is 2.30. The van der Waals surface area contributed by atoms with Crippen molar-refractivity contribution in [3.8, 4) is 0 Å². The van der Waals surface area contributed by atoms with Crippen LogP contribution in [0.5, 0.6) is 0 Å². The summed E-state index contributed by atoms with van der Waals surface area (Å²) in [6, 6.07) is 13.0. The van der Waals surface area contributed by atoms with Crippen LogP contribution in [0.4, 0.5) is 0 Å². The lowest BCUT2D eigenvalue weighted by Crippen LogP contribution is -2.53. The third-order valence-corrected chi connectivity index (χ3v) is 4.39. The largest absolute Gasteiger partial charge is 0.468 e. The fraction of sp³-hybridized carbons (Fsp3) is 0.389. The van der Waals surface area contributed by atoms with Crippen molar-refractivity contribution in [1.29, 1.82) is 0 Å². The number of nitrogens with zero attached hydrogens (tertiary/aromatic N) is 1. The Morgan fingerprint density at radius 1 is 1.26 bits per heavy atom. The monoisotopic (exact) mass is 314 g/mol. The lowest BCUT2D eigenvalue weighted by Gasteiger charge is -2.37. The van der Waals surface area contributed by atoms with Crippen LogP contribution in [0.3, 0.4) is 0 Å². The van der Waals surface area contributed by atoms with Crippen molar-refractivity contribution in [3.05, 3.63) is 60.1 Å². The van der Waals surface area contributed by atoms with Gasteiger partial charge in [0.2, 0.25) is 0 Å². The number of rotatable bonds is 5. The lowest BCUT2D eigenvalue weighted by molar-refractivity contribution is 0.0713. The van der Waals surface area contributed by atoms with Crippen LogP contribution in [-0.4, -0.2) is 41.7 Å². The van der Waals surface area contributed by atoms with Crippen molar-refractivity contribution in [2.45, 2.75) is 19.0 Å². The maximum atomic E-state index is 12.4. The minimum absolute atomic E-state index is 0.0589. The molecule has 0 unspecified atom stereocenters. The number of aliphatic hydroxyl groups excluding tert-OH is 1. The molecule has 23 heavy (non-hydrogen) atoms. The number of hydrogen-bond donors (Lipinski definition) is 2. The number of benzene rings is 1. The molecule has 1 fully saturated rings. The normalized spacial score (nSPS) is 22.0. The van der Waals surface area contributed by atoms with Crippen molar-refractivity contribution in [2.24, 2.45) is 5.92 Å². The lowest BCUT2D eigenvalue weighted by atomic mass is 9.92. The molecule has 1 saturated heterocycles. The summed E-state index contributed by atoms with van der Waals surface area (Å²) in [6.45, 7) is 2.42. The smallest absolute Gasteiger partial charge is 0.251 e. The van der Waals surface area contributed by atoms with Gasteiger partial charge < -0.3 is 14.8 Å². The Kier molecular flexibility index (Phi) is 5.10. The topological polar surface area (TPSA) is 65.7 Å². The van der Waals surface area contributed by atoms with E-state index in [1.165, 1.54) is 0 Å². The Bertz CT molecular complexity index is 612. The van der Waals surface area contributed by atoms with E-state index in [1.54, 1.807) is 18.4 Å². The van der Waals surface area contributed by atoms with Crippen LogP contribution in [-0.2, 0) is 6.54 Å². The van der Waals surface area contributed by atoms with E-state index in [4.69, 9.17) is 4.42 Å². The van der Waals surface area contributed by atoms with E-state index in [0.29, 0.717) is 12.1 Å². The zero-order chi connectivity index (χ0) is 16.1. The van der Waals surface area contributed by atoms with Crippen LogP contribution < -0.4 is 5.32 Å². The molecule has 1 aliphatic rings. The van der Waals surface area contributed by atoms with Crippen molar-refractivity contribution in [3.63, 3.8) is 0 Å². The molecule has 3 rings (SSSR count). The summed E-state index contributed by atoms with van der Waals surface area (Å²) in [5, 5.41) is 12.7. The minimum atomic E-state index is -0.0890. The fourth-order valence-corrected chi connectivity index (χ4v) is 3.06. The van der Waals surface area contributed by atoms with Gasteiger partial charge in [0.05, 0.1) is 12.8 Å². The van der Waals surface area contributed by atoms with E-state index < -0.39 is 0 Å². The molecule has 2 N–H and O–H groups in total. The molecule has 0 bridgehead atoms. The Labute approximate surface area is 135 Å². The van der Waals surface area contributed by atoms with E-state index in [0.717, 1.165) is 25.3 Å². The van der Waals surface area contributed by atoms with E-state index in [1.807, 2.05) is 30.3 Å². The number of carbonyl (C=O) groups excluding carboxylic acids is 1. The molecule has 5 nitrogen and oxygen atoms in total. The zero-order valence-electron chi connectivity index (χ0n) is 13.0. The molecule has 1 aliphatic heterocycles. The van der Waals surface area contributed by atoms with E-state index in [2.05, 4.69) is 10.2 Å². The molecule has 0 radical (unpaired) electrons. The van der Waals surface area contributed by atoms with Crippen molar-refractivity contribution in [2.75, 3.05) is 19.7 Å². The predicted octanol–water partition coefficient (Wildman–Crippen LogP) is 1.89. The van der Waals surface area contributed by atoms with Gasteiger partial charge in [0, 0.05) is 30.7 Å². The minimum Gasteiger partial charge on any atom is -0.468 e. The van der Waals surface area contributed by atoms with Crippen LogP contribution in [0.2, 0.25) is 0 Å². The van der Waals surface area contributed by atoms with Gasteiger partial charge in [-0.3, -0.25) is 9.69 Å². The van der Waals surface area contributed by atoms with Crippen LogP contribution in [0.1, 0.15) is 22.5 Å². The first kappa shape index (κ1) is 15.8. The molecule has 122 valence electrons. The SMILES string of the molecule is O=C(N[C@@H]1CN(Cc2ccco2)CC[C@@H]1CO)c1ccccc1. The van der Waals surface area contributed by atoms with Gasteiger partial charge in [-0.1, -0.05) is 18.2 Å². The third-order valence-electron chi connectivity index (χ3n) is 4.39. The van der Waals surface area contributed by atoms with Crippen molar-refractivity contribution in [1.82, 2.24) is 10.2 Å². The van der Waals surface area contributed by atoms with Gasteiger partial charge in [0.15, 0.2) is 0 Å². The zero-order valence-corrected chi connectivity index (χ0v) is 13.0. The maximum absolute atomic E-state index is 12.4. The number of carbonyl (C=O) groups is 1. The van der Waals surface area contributed by atoms with Gasteiger partial charge in [-0.25, -0.2) is 0 Å². The van der Waals surface area contributed by atoms with Crippen LogP contribution in [0.25, 0.3) is 0 Å². The number of amides is 1. The average molecular weight is 314 g/mol. The number of piperidine rings is 1. The van der Waals surface area contributed by atoms with E-state index >= 15 is 0 Å². The van der Waals surface area contributed by atoms with Crippen LogP contribution in [0.15, 0.2) is 53.1 Å². The second-order valence-electron chi connectivity index (χ2n) is 5.99. The Hall–Kier alpha value is -2.11. The third kappa shape index (κ3) is 4.00. The second-order valence-corrected chi connectivity index (χ2v) is 5.99. The number of nitrogens with one attached hydrogen (secondary N) is 1.